The van der Waals surface area contributed by atoms with Crippen LogP contribution in [0.2, 0.25) is 0 Å². The third-order valence-electron chi connectivity index (χ3n) is 3.03. The Morgan fingerprint density at radius 3 is 2.61 bits per heavy atom. The number of hydrogen-bond acceptors (Lipinski definition) is 4. The van der Waals surface area contributed by atoms with Crippen molar-refractivity contribution in [2.75, 3.05) is 0 Å². The van der Waals surface area contributed by atoms with Crippen LogP contribution in [-0.4, -0.2) is 28.2 Å². The number of nitrogens with zero attached hydrogens (tertiary/aromatic N) is 1. The Morgan fingerprint density at radius 1 is 1.22 bits per heavy atom. The Balaban J connectivity index is 1.91. The van der Waals surface area contributed by atoms with Crippen molar-refractivity contribution in [1.29, 1.82) is 0 Å². The highest BCUT2D eigenvalue weighted by molar-refractivity contribution is 9.10. The zero-order chi connectivity index (χ0) is 16.7. The maximum atomic E-state index is 11.8. The molecule has 1 unspecified atom stereocenters. The molecule has 23 heavy (non-hydrogen) atoms. The molecule has 2 rings (SSSR count). The Hall–Kier alpha value is -2.41. The number of rotatable bonds is 6. The van der Waals surface area contributed by atoms with Crippen molar-refractivity contribution in [3.8, 4) is 0 Å². The van der Waals surface area contributed by atoms with E-state index in [0.29, 0.717) is 4.60 Å². The van der Waals surface area contributed by atoms with Crippen LogP contribution < -0.4 is 5.32 Å². The number of amides is 1. The summed E-state index contributed by atoms with van der Waals surface area (Å²) in [5.74, 6) is -1.13. The van der Waals surface area contributed by atoms with Crippen molar-refractivity contribution in [3.05, 3.63) is 64.4 Å². The van der Waals surface area contributed by atoms with Crippen molar-refractivity contribution in [1.82, 2.24) is 10.3 Å². The summed E-state index contributed by atoms with van der Waals surface area (Å²) in [6.07, 6.45) is 0.928. The van der Waals surface area contributed by atoms with E-state index < -0.39 is 18.1 Å². The maximum Gasteiger partial charge on any atom is 0.408 e. The van der Waals surface area contributed by atoms with Crippen LogP contribution in [0.4, 0.5) is 4.79 Å². The maximum absolute atomic E-state index is 11.8. The van der Waals surface area contributed by atoms with Gasteiger partial charge in [-0.2, -0.15) is 0 Å². The van der Waals surface area contributed by atoms with E-state index in [1.165, 1.54) is 0 Å². The van der Waals surface area contributed by atoms with E-state index >= 15 is 0 Å². The van der Waals surface area contributed by atoms with E-state index in [2.05, 4.69) is 26.2 Å². The normalized spacial score (nSPS) is 11.5. The van der Waals surface area contributed by atoms with Crippen LogP contribution in [0.3, 0.4) is 0 Å². The van der Waals surface area contributed by atoms with Gasteiger partial charge < -0.3 is 15.2 Å². The van der Waals surface area contributed by atoms with Crippen LogP contribution in [0.15, 0.2) is 53.3 Å². The predicted molar refractivity (Wildman–Crippen MR) is 86.8 cm³/mol. The summed E-state index contributed by atoms with van der Waals surface area (Å²) in [4.78, 5) is 27.0. The zero-order valence-corrected chi connectivity index (χ0v) is 13.7. The summed E-state index contributed by atoms with van der Waals surface area (Å²) in [6.45, 7) is 0.0832. The van der Waals surface area contributed by atoms with Crippen LogP contribution in [0.25, 0.3) is 0 Å². The number of halogens is 1. The molecule has 0 radical (unpaired) electrons. The van der Waals surface area contributed by atoms with Gasteiger partial charge in [0.15, 0.2) is 0 Å². The summed E-state index contributed by atoms with van der Waals surface area (Å²) in [5.41, 5.74) is 1.57. The minimum Gasteiger partial charge on any atom is -0.480 e. The number of pyridine rings is 1. The number of ether oxygens (including phenoxy) is 1. The highest BCUT2D eigenvalue weighted by Gasteiger charge is 2.21. The number of aromatic nitrogens is 1. The van der Waals surface area contributed by atoms with Crippen LogP contribution in [0, 0.1) is 0 Å². The molecule has 0 fully saturated rings. The fourth-order valence-electron chi connectivity index (χ4n) is 1.91. The second-order valence-electron chi connectivity index (χ2n) is 4.79. The first-order valence-electron chi connectivity index (χ1n) is 6.85. The first kappa shape index (κ1) is 17.0. The summed E-state index contributed by atoms with van der Waals surface area (Å²) in [6, 6.07) is 11.5. The molecule has 0 aliphatic carbocycles. The summed E-state index contributed by atoms with van der Waals surface area (Å²) >= 11 is 3.22. The first-order valence-corrected chi connectivity index (χ1v) is 7.64. The number of benzene rings is 1. The van der Waals surface area contributed by atoms with Gasteiger partial charge in [-0.05, 0) is 39.2 Å². The molecule has 2 N–H and O–H groups in total. The number of carboxylic acids is 1. The molecule has 6 nitrogen and oxygen atoms in total. The molecule has 1 heterocycles. The molecule has 0 spiro atoms. The van der Waals surface area contributed by atoms with Gasteiger partial charge in [0.1, 0.15) is 17.3 Å². The third-order valence-corrected chi connectivity index (χ3v) is 3.47. The SMILES string of the molecule is O=C(NC(Cc1ccnc(Br)c1)C(=O)O)OCc1ccccc1. The molecule has 2 aromatic rings. The minimum absolute atomic E-state index is 0.0832. The van der Waals surface area contributed by atoms with Gasteiger partial charge in [0, 0.05) is 12.6 Å². The molecule has 0 saturated heterocycles. The second kappa shape index (κ2) is 8.28. The quantitative estimate of drug-likeness (QED) is 0.754. The van der Waals surface area contributed by atoms with E-state index in [0.717, 1.165) is 11.1 Å². The van der Waals surface area contributed by atoms with Gasteiger partial charge in [-0.15, -0.1) is 0 Å². The van der Waals surface area contributed by atoms with Gasteiger partial charge in [0.05, 0.1) is 0 Å². The fourth-order valence-corrected chi connectivity index (χ4v) is 2.32. The lowest BCUT2D eigenvalue weighted by Crippen LogP contribution is -2.42. The van der Waals surface area contributed by atoms with E-state index in [1.54, 1.807) is 18.3 Å². The topological polar surface area (TPSA) is 88.5 Å². The first-order chi connectivity index (χ1) is 11.0. The van der Waals surface area contributed by atoms with Crippen molar-refractivity contribution in [2.24, 2.45) is 0 Å². The van der Waals surface area contributed by atoms with Crippen molar-refractivity contribution < 1.29 is 19.4 Å². The Morgan fingerprint density at radius 2 is 1.96 bits per heavy atom. The predicted octanol–water partition coefficient (Wildman–Crippen LogP) is 2.77. The smallest absolute Gasteiger partial charge is 0.408 e. The molecule has 1 aromatic heterocycles. The Kier molecular flexibility index (Phi) is 6.10. The Labute approximate surface area is 141 Å². The van der Waals surface area contributed by atoms with Gasteiger partial charge in [-0.25, -0.2) is 14.6 Å². The fraction of sp³-hybridized carbons (Fsp3) is 0.188. The summed E-state index contributed by atoms with van der Waals surface area (Å²) in [5, 5.41) is 11.6. The van der Waals surface area contributed by atoms with Gasteiger partial charge in [0.25, 0.3) is 0 Å². The van der Waals surface area contributed by atoms with E-state index in [-0.39, 0.29) is 13.0 Å². The number of aliphatic carboxylic acids is 1. The lowest BCUT2D eigenvalue weighted by atomic mass is 10.1. The van der Waals surface area contributed by atoms with Gasteiger partial charge >= 0.3 is 12.1 Å². The largest absolute Gasteiger partial charge is 0.480 e. The lowest BCUT2D eigenvalue weighted by molar-refractivity contribution is -0.139. The highest BCUT2D eigenvalue weighted by Crippen LogP contribution is 2.10. The summed E-state index contributed by atoms with van der Waals surface area (Å²) in [7, 11) is 0. The van der Waals surface area contributed by atoms with Gasteiger partial charge in [-0.1, -0.05) is 30.3 Å². The van der Waals surface area contributed by atoms with Gasteiger partial charge in [-0.3, -0.25) is 0 Å². The number of carboxylic acid groups (broad SMARTS) is 1. The number of carbonyl (C=O) groups excluding carboxylic acids is 1. The van der Waals surface area contributed by atoms with E-state index in [4.69, 9.17) is 4.74 Å². The van der Waals surface area contributed by atoms with Crippen LogP contribution in [0.1, 0.15) is 11.1 Å². The molecule has 0 saturated carbocycles. The number of carbonyl (C=O) groups is 2. The molecule has 1 amide bonds. The van der Waals surface area contributed by atoms with Gasteiger partial charge in [0.2, 0.25) is 0 Å². The third kappa shape index (κ3) is 5.71. The van der Waals surface area contributed by atoms with E-state index in [9.17, 15) is 14.7 Å². The van der Waals surface area contributed by atoms with Crippen molar-refractivity contribution in [3.63, 3.8) is 0 Å². The number of hydrogen-bond donors (Lipinski definition) is 2. The van der Waals surface area contributed by atoms with E-state index in [1.807, 2.05) is 30.3 Å². The average molecular weight is 379 g/mol. The minimum atomic E-state index is -1.13. The lowest BCUT2D eigenvalue weighted by Gasteiger charge is -2.14. The molecule has 1 aromatic carbocycles. The molecule has 7 heteroatoms. The molecule has 0 aliphatic heterocycles. The van der Waals surface area contributed by atoms with Crippen molar-refractivity contribution in [2.45, 2.75) is 19.1 Å². The molecular weight excluding hydrogens is 364 g/mol. The molecular formula is C16H15BrN2O4. The summed E-state index contributed by atoms with van der Waals surface area (Å²) < 4.78 is 5.64. The second-order valence-corrected chi connectivity index (χ2v) is 5.60. The Bertz CT molecular complexity index is 679. The zero-order valence-electron chi connectivity index (χ0n) is 12.1. The molecule has 120 valence electrons. The standard InChI is InChI=1S/C16H15BrN2O4/c17-14-9-12(6-7-18-14)8-13(15(20)21)19-16(22)23-10-11-4-2-1-3-5-11/h1-7,9,13H,8,10H2,(H,19,22)(H,20,21). The average Bonchev–Trinajstić information content (AvgIpc) is 2.53. The molecule has 0 bridgehead atoms. The van der Waals surface area contributed by atoms with Crippen molar-refractivity contribution >= 4 is 28.0 Å². The molecule has 0 aliphatic rings. The molecule has 1 atom stereocenters. The number of alkyl carbamates (subject to hydrolysis) is 1. The number of nitrogens with one attached hydrogen (secondary N) is 1. The monoisotopic (exact) mass is 378 g/mol. The van der Waals surface area contributed by atoms with Crippen LogP contribution >= 0.6 is 15.9 Å². The van der Waals surface area contributed by atoms with Crippen LogP contribution in [0.5, 0.6) is 0 Å². The highest BCUT2D eigenvalue weighted by atomic mass is 79.9. The van der Waals surface area contributed by atoms with Crippen LogP contribution in [-0.2, 0) is 22.6 Å².